The van der Waals surface area contributed by atoms with Gasteiger partial charge in [0.15, 0.2) is 0 Å². The number of ether oxygens (including phenoxy) is 1. The van der Waals surface area contributed by atoms with Crippen LogP contribution in [0.5, 0.6) is 5.75 Å². The van der Waals surface area contributed by atoms with Crippen LogP contribution in [0.15, 0.2) is 24.3 Å². The Balaban J connectivity index is 2.51. The molecule has 0 fully saturated rings. The highest BCUT2D eigenvalue weighted by Gasteiger charge is 2.04. The molecule has 0 saturated carbocycles. The summed E-state index contributed by atoms with van der Waals surface area (Å²) in [6, 6.07) is 8.57. The minimum atomic E-state index is 0.356. The average molecular weight is 231 g/mol. The number of nitrogens with one attached hydrogen (secondary N) is 1. The Morgan fingerprint density at radius 1 is 1.47 bits per heavy atom. The number of terminal acetylenes is 1. The Labute approximate surface area is 104 Å². The maximum absolute atomic E-state index is 5.65. The Morgan fingerprint density at radius 2 is 2.29 bits per heavy atom. The van der Waals surface area contributed by atoms with Crippen LogP contribution >= 0.6 is 0 Å². The highest BCUT2D eigenvalue weighted by atomic mass is 16.5. The summed E-state index contributed by atoms with van der Waals surface area (Å²) in [7, 11) is 0. The average Bonchev–Trinajstić information content (AvgIpc) is 2.35. The molecule has 0 heterocycles. The van der Waals surface area contributed by atoms with Crippen LogP contribution in [0, 0.1) is 12.3 Å². The van der Waals surface area contributed by atoms with Crippen LogP contribution in [0.25, 0.3) is 0 Å². The minimum Gasteiger partial charge on any atom is -0.494 e. The highest BCUT2D eigenvalue weighted by Crippen LogP contribution is 2.19. The molecule has 0 amide bonds. The first kappa shape index (κ1) is 13.6. The molecule has 0 spiro atoms. The SMILES string of the molecule is C#CCCCOc1cccc(C(C)NCC)c1. The van der Waals surface area contributed by atoms with Gasteiger partial charge in [0.25, 0.3) is 0 Å². The molecule has 0 aliphatic heterocycles. The quantitative estimate of drug-likeness (QED) is 0.575. The summed E-state index contributed by atoms with van der Waals surface area (Å²) in [5, 5.41) is 3.38. The molecule has 1 unspecified atom stereocenters. The van der Waals surface area contributed by atoms with Crippen molar-refractivity contribution in [3.8, 4) is 18.1 Å². The summed E-state index contributed by atoms with van der Waals surface area (Å²) in [6.45, 7) is 5.91. The monoisotopic (exact) mass is 231 g/mol. The molecule has 2 heteroatoms. The summed E-state index contributed by atoms with van der Waals surface area (Å²) in [4.78, 5) is 0. The van der Waals surface area contributed by atoms with Crippen LogP contribution in [0.1, 0.15) is 38.3 Å². The third-order valence-corrected chi connectivity index (χ3v) is 2.60. The van der Waals surface area contributed by atoms with Crippen molar-refractivity contribution in [1.82, 2.24) is 5.32 Å². The van der Waals surface area contributed by atoms with E-state index < -0.39 is 0 Å². The molecule has 0 aromatic heterocycles. The van der Waals surface area contributed by atoms with Crippen molar-refractivity contribution in [2.75, 3.05) is 13.2 Å². The molecule has 0 aliphatic carbocycles. The first-order valence-electron chi connectivity index (χ1n) is 6.17. The molecule has 2 nitrogen and oxygen atoms in total. The van der Waals surface area contributed by atoms with Gasteiger partial charge in [0.05, 0.1) is 6.61 Å². The molecule has 0 saturated heterocycles. The van der Waals surface area contributed by atoms with Crippen molar-refractivity contribution in [3.05, 3.63) is 29.8 Å². The zero-order valence-electron chi connectivity index (χ0n) is 10.7. The molecular weight excluding hydrogens is 210 g/mol. The van der Waals surface area contributed by atoms with Gasteiger partial charge < -0.3 is 10.1 Å². The van der Waals surface area contributed by atoms with Crippen molar-refractivity contribution >= 4 is 0 Å². The molecule has 1 aromatic rings. The van der Waals surface area contributed by atoms with Gasteiger partial charge in [0.2, 0.25) is 0 Å². The van der Waals surface area contributed by atoms with Gasteiger partial charge in [-0.3, -0.25) is 0 Å². The van der Waals surface area contributed by atoms with Crippen molar-refractivity contribution < 1.29 is 4.74 Å². The fraction of sp³-hybridized carbons (Fsp3) is 0.467. The first-order valence-corrected chi connectivity index (χ1v) is 6.17. The van der Waals surface area contributed by atoms with Crippen LogP contribution in [-0.4, -0.2) is 13.2 Å². The molecule has 0 bridgehead atoms. The van der Waals surface area contributed by atoms with Crippen molar-refractivity contribution in [2.24, 2.45) is 0 Å². The largest absolute Gasteiger partial charge is 0.494 e. The standard InChI is InChI=1S/C15H21NO/c1-4-6-7-11-17-15-10-8-9-14(12-15)13(3)16-5-2/h1,8-10,12-13,16H,5-7,11H2,2-3H3. The topological polar surface area (TPSA) is 21.3 Å². The Bertz CT molecular complexity index is 367. The maximum atomic E-state index is 5.65. The zero-order valence-corrected chi connectivity index (χ0v) is 10.7. The zero-order chi connectivity index (χ0) is 12.5. The van der Waals surface area contributed by atoms with E-state index in [2.05, 4.69) is 37.2 Å². The third kappa shape index (κ3) is 4.93. The Hall–Kier alpha value is -1.46. The van der Waals surface area contributed by atoms with Gasteiger partial charge >= 0.3 is 0 Å². The van der Waals surface area contributed by atoms with Gasteiger partial charge in [0, 0.05) is 12.5 Å². The molecule has 1 atom stereocenters. The smallest absolute Gasteiger partial charge is 0.119 e. The van der Waals surface area contributed by atoms with E-state index in [-0.39, 0.29) is 0 Å². The van der Waals surface area contributed by atoms with Crippen LogP contribution in [0.3, 0.4) is 0 Å². The molecule has 1 aromatic carbocycles. The summed E-state index contributed by atoms with van der Waals surface area (Å²) in [5.41, 5.74) is 1.25. The predicted molar refractivity (Wildman–Crippen MR) is 72.1 cm³/mol. The van der Waals surface area contributed by atoms with Crippen molar-refractivity contribution in [1.29, 1.82) is 0 Å². The Kier molecular flexibility index (Phi) is 6.21. The number of unbranched alkanes of at least 4 members (excludes halogenated alkanes) is 1. The normalized spacial score (nSPS) is 11.8. The molecule has 1 N–H and O–H groups in total. The van der Waals surface area contributed by atoms with Gasteiger partial charge in [-0.25, -0.2) is 0 Å². The van der Waals surface area contributed by atoms with E-state index in [1.807, 2.05) is 12.1 Å². The minimum absolute atomic E-state index is 0.356. The summed E-state index contributed by atoms with van der Waals surface area (Å²) in [6.07, 6.45) is 6.87. The van der Waals surface area contributed by atoms with Crippen molar-refractivity contribution in [3.63, 3.8) is 0 Å². The first-order chi connectivity index (χ1) is 8.27. The number of hydrogen-bond acceptors (Lipinski definition) is 2. The second-order valence-corrected chi connectivity index (χ2v) is 4.01. The lowest BCUT2D eigenvalue weighted by molar-refractivity contribution is 0.312. The fourth-order valence-corrected chi connectivity index (χ4v) is 1.66. The lowest BCUT2D eigenvalue weighted by Gasteiger charge is -2.14. The van der Waals surface area contributed by atoms with E-state index in [1.54, 1.807) is 0 Å². The van der Waals surface area contributed by atoms with E-state index in [0.717, 1.165) is 25.1 Å². The van der Waals surface area contributed by atoms with Gasteiger partial charge in [0.1, 0.15) is 5.75 Å². The van der Waals surface area contributed by atoms with Crippen molar-refractivity contribution in [2.45, 2.75) is 32.7 Å². The van der Waals surface area contributed by atoms with E-state index in [4.69, 9.17) is 11.2 Å². The number of hydrogen-bond donors (Lipinski definition) is 1. The summed E-state index contributed by atoms with van der Waals surface area (Å²) >= 11 is 0. The van der Waals surface area contributed by atoms with Gasteiger partial charge in [-0.15, -0.1) is 12.3 Å². The molecule has 0 radical (unpaired) electrons. The molecule has 17 heavy (non-hydrogen) atoms. The summed E-state index contributed by atoms with van der Waals surface area (Å²) in [5.74, 6) is 3.53. The molecule has 1 rings (SSSR count). The van der Waals surface area contributed by atoms with E-state index in [1.165, 1.54) is 5.56 Å². The second-order valence-electron chi connectivity index (χ2n) is 4.01. The number of benzene rings is 1. The van der Waals surface area contributed by atoms with E-state index in [9.17, 15) is 0 Å². The lowest BCUT2D eigenvalue weighted by Crippen LogP contribution is -2.17. The van der Waals surface area contributed by atoms with E-state index in [0.29, 0.717) is 12.6 Å². The van der Waals surface area contributed by atoms with Crippen LogP contribution in [0.4, 0.5) is 0 Å². The van der Waals surface area contributed by atoms with Crippen LogP contribution in [-0.2, 0) is 0 Å². The van der Waals surface area contributed by atoms with Gasteiger partial charge in [-0.1, -0.05) is 19.1 Å². The van der Waals surface area contributed by atoms with Gasteiger partial charge in [-0.05, 0) is 37.6 Å². The van der Waals surface area contributed by atoms with E-state index >= 15 is 0 Å². The van der Waals surface area contributed by atoms with Crippen LogP contribution < -0.4 is 10.1 Å². The third-order valence-electron chi connectivity index (χ3n) is 2.60. The number of rotatable bonds is 7. The molecule has 92 valence electrons. The van der Waals surface area contributed by atoms with Crippen LogP contribution in [0.2, 0.25) is 0 Å². The molecule has 0 aliphatic rings. The highest BCUT2D eigenvalue weighted by molar-refractivity contribution is 5.30. The predicted octanol–water partition coefficient (Wildman–Crippen LogP) is 3.15. The second kappa shape index (κ2) is 7.76. The fourth-order valence-electron chi connectivity index (χ4n) is 1.66. The Morgan fingerprint density at radius 3 is 3.00 bits per heavy atom. The molecular formula is C15H21NO. The maximum Gasteiger partial charge on any atom is 0.119 e. The lowest BCUT2D eigenvalue weighted by atomic mass is 10.1. The van der Waals surface area contributed by atoms with Gasteiger partial charge in [-0.2, -0.15) is 0 Å². The summed E-state index contributed by atoms with van der Waals surface area (Å²) < 4.78 is 5.65.